The second-order valence-electron chi connectivity index (χ2n) is 11.0. The van der Waals surface area contributed by atoms with E-state index in [1.165, 1.54) is 5.56 Å². The number of para-hydroxylation sites is 1. The Morgan fingerprint density at radius 2 is 1.97 bits per heavy atom. The number of rotatable bonds is 7. The van der Waals surface area contributed by atoms with Gasteiger partial charge in [0, 0.05) is 36.9 Å². The Kier molecular flexibility index (Phi) is 7.50. The van der Waals surface area contributed by atoms with Crippen molar-refractivity contribution in [2.45, 2.75) is 78.0 Å². The Morgan fingerprint density at radius 1 is 1.20 bits per heavy atom. The van der Waals surface area contributed by atoms with Crippen LogP contribution in [0.2, 0.25) is 0 Å². The zero-order valence-corrected chi connectivity index (χ0v) is 21.5. The Balaban J connectivity index is 1.49. The molecule has 2 aromatic rings. The third-order valence-corrected chi connectivity index (χ3v) is 6.43. The van der Waals surface area contributed by atoms with Gasteiger partial charge in [-0.05, 0) is 57.6 Å². The van der Waals surface area contributed by atoms with Crippen molar-refractivity contribution in [2.24, 2.45) is 5.92 Å². The van der Waals surface area contributed by atoms with E-state index >= 15 is 0 Å². The molecular weight excluding hydrogens is 444 g/mol. The maximum absolute atomic E-state index is 13.2. The van der Waals surface area contributed by atoms with Crippen molar-refractivity contribution in [1.29, 1.82) is 0 Å². The van der Waals surface area contributed by atoms with Gasteiger partial charge in [0.2, 0.25) is 0 Å². The predicted octanol–water partition coefficient (Wildman–Crippen LogP) is 3.68. The normalized spacial score (nSPS) is 18.6. The molecule has 190 valence electrons. The highest BCUT2D eigenvalue weighted by Gasteiger charge is 2.36. The minimum absolute atomic E-state index is 0.0759. The molecule has 2 atom stereocenters. The van der Waals surface area contributed by atoms with Gasteiger partial charge in [-0.3, -0.25) is 9.69 Å². The first kappa shape index (κ1) is 25.2. The molecular formula is C27H38N4O4. The number of nitrogens with one attached hydrogen (secondary N) is 1. The molecule has 0 spiro atoms. The smallest absolute Gasteiger partial charge is 0.407 e. The number of likely N-dealkylation sites (tertiary alicyclic amines) is 1. The quantitative estimate of drug-likeness (QED) is 0.606. The number of alkyl carbamates (subject to hydrolysis) is 1. The third-order valence-electron chi connectivity index (χ3n) is 6.43. The number of hydrogen-bond acceptors (Lipinski definition) is 6. The van der Waals surface area contributed by atoms with Gasteiger partial charge in [-0.2, -0.15) is 0 Å². The van der Waals surface area contributed by atoms with Crippen molar-refractivity contribution in [3.05, 3.63) is 47.5 Å². The predicted molar refractivity (Wildman–Crippen MR) is 134 cm³/mol. The summed E-state index contributed by atoms with van der Waals surface area (Å²) in [5.74, 6) is 0.0335. The zero-order valence-electron chi connectivity index (χ0n) is 21.5. The van der Waals surface area contributed by atoms with E-state index in [0.29, 0.717) is 26.1 Å². The molecule has 0 saturated carbocycles. The van der Waals surface area contributed by atoms with Crippen LogP contribution in [-0.4, -0.2) is 63.9 Å². The van der Waals surface area contributed by atoms with Gasteiger partial charge in [-0.15, -0.1) is 0 Å². The molecule has 0 radical (unpaired) electrons. The number of imidazole rings is 1. The van der Waals surface area contributed by atoms with Gasteiger partial charge in [0.05, 0.1) is 18.6 Å². The molecule has 0 bridgehead atoms. The summed E-state index contributed by atoms with van der Waals surface area (Å²) >= 11 is 0. The van der Waals surface area contributed by atoms with Gasteiger partial charge >= 0.3 is 12.1 Å². The van der Waals surface area contributed by atoms with Gasteiger partial charge in [-0.25, -0.2) is 9.78 Å². The summed E-state index contributed by atoms with van der Waals surface area (Å²) in [6, 6.07) is 7.86. The van der Waals surface area contributed by atoms with Crippen LogP contribution in [0.25, 0.3) is 5.69 Å². The molecule has 35 heavy (non-hydrogen) atoms. The summed E-state index contributed by atoms with van der Waals surface area (Å²) in [5, 5.41) is 2.95. The van der Waals surface area contributed by atoms with Crippen LogP contribution in [0, 0.1) is 5.92 Å². The van der Waals surface area contributed by atoms with E-state index in [4.69, 9.17) is 14.5 Å². The van der Waals surface area contributed by atoms with Crippen molar-refractivity contribution in [1.82, 2.24) is 19.8 Å². The standard InChI is InChI=1S/C27H38N4O4/c1-18(2)16-34-25(32)24(30-13-12-20(15-30)29-26(33)35-27(3,4)5)14-21-23-11-10-19-8-6-7-9-22(19)31(23)17-28-21/h6-9,17-18,20,24H,10-16H2,1-5H3,(H,29,33)/t20-,24-/m0/s1. The maximum Gasteiger partial charge on any atom is 0.407 e. The fraction of sp³-hybridized carbons (Fsp3) is 0.593. The molecule has 8 nitrogen and oxygen atoms in total. The Bertz CT molecular complexity index is 1060. The van der Waals surface area contributed by atoms with Gasteiger partial charge in [0.25, 0.3) is 0 Å². The number of nitrogens with zero attached hydrogens (tertiary/aromatic N) is 3. The molecule has 2 aliphatic heterocycles. The summed E-state index contributed by atoms with van der Waals surface area (Å²) in [6.07, 6.45) is 4.54. The van der Waals surface area contributed by atoms with Crippen LogP contribution in [-0.2, 0) is 33.5 Å². The lowest BCUT2D eigenvalue weighted by Crippen LogP contribution is -2.46. The van der Waals surface area contributed by atoms with Crippen molar-refractivity contribution in [3.8, 4) is 5.69 Å². The Hall–Kier alpha value is -2.87. The molecule has 3 heterocycles. The van der Waals surface area contributed by atoms with Crippen molar-refractivity contribution >= 4 is 12.1 Å². The zero-order chi connectivity index (χ0) is 25.2. The largest absolute Gasteiger partial charge is 0.464 e. The number of esters is 1. The van der Waals surface area contributed by atoms with Gasteiger partial charge in [-0.1, -0.05) is 32.0 Å². The molecule has 1 N–H and O–H groups in total. The third kappa shape index (κ3) is 6.23. The summed E-state index contributed by atoms with van der Waals surface area (Å²) in [7, 11) is 0. The molecule has 2 aliphatic rings. The fourth-order valence-corrected chi connectivity index (χ4v) is 4.82. The molecule has 1 amide bonds. The molecule has 0 unspecified atom stereocenters. The number of aromatic nitrogens is 2. The maximum atomic E-state index is 13.2. The number of carbonyl (C=O) groups excluding carboxylic acids is 2. The van der Waals surface area contributed by atoms with E-state index in [9.17, 15) is 9.59 Å². The van der Waals surface area contributed by atoms with Crippen LogP contribution in [0.1, 0.15) is 58.0 Å². The minimum atomic E-state index is -0.551. The Morgan fingerprint density at radius 3 is 2.71 bits per heavy atom. The summed E-state index contributed by atoms with van der Waals surface area (Å²) < 4.78 is 13.2. The molecule has 4 rings (SSSR count). The van der Waals surface area contributed by atoms with Gasteiger partial charge in [0.15, 0.2) is 0 Å². The number of benzene rings is 1. The van der Waals surface area contributed by atoms with E-state index in [2.05, 4.69) is 33.0 Å². The lowest BCUT2D eigenvalue weighted by atomic mass is 9.98. The summed E-state index contributed by atoms with van der Waals surface area (Å²) in [5.41, 5.74) is 4.02. The van der Waals surface area contributed by atoms with E-state index in [0.717, 1.165) is 36.3 Å². The average molecular weight is 483 g/mol. The molecule has 8 heteroatoms. The first-order valence-electron chi connectivity index (χ1n) is 12.6. The average Bonchev–Trinajstić information content (AvgIpc) is 3.41. The molecule has 1 saturated heterocycles. The highest BCUT2D eigenvalue weighted by Crippen LogP contribution is 2.28. The number of carbonyl (C=O) groups is 2. The molecule has 0 aliphatic carbocycles. The summed E-state index contributed by atoms with van der Waals surface area (Å²) in [6.45, 7) is 11.2. The number of hydrogen-bond donors (Lipinski definition) is 1. The van der Waals surface area contributed by atoms with Gasteiger partial charge in [0.1, 0.15) is 11.6 Å². The van der Waals surface area contributed by atoms with Crippen LogP contribution < -0.4 is 5.32 Å². The van der Waals surface area contributed by atoms with Crippen LogP contribution >= 0.6 is 0 Å². The van der Waals surface area contributed by atoms with E-state index in [-0.39, 0.29) is 17.9 Å². The van der Waals surface area contributed by atoms with Gasteiger partial charge < -0.3 is 19.4 Å². The minimum Gasteiger partial charge on any atom is -0.464 e. The monoisotopic (exact) mass is 482 g/mol. The summed E-state index contributed by atoms with van der Waals surface area (Å²) in [4.78, 5) is 32.3. The van der Waals surface area contributed by atoms with Crippen molar-refractivity contribution < 1.29 is 19.1 Å². The molecule has 1 aromatic carbocycles. The topological polar surface area (TPSA) is 85.7 Å². The van der Waals surface area contributed by atoms with Crippen LogP contribution in [0.3, 0.4) is 0 Å². The number of ether oxygens (including phenoxy) is 2. The molecule has 1 aromatic heterocycles. The second-order valence-corrected chi connectivity index (χ2v) is 11.0. The van der Waals surface area contributed by atoms with Crippen molar-refractivity contribution in [2.75, 3.05) is 19.7 Å². The Labute approximate surface area is 208 Å². The lowest BCUT2D eigenvalue weighted by molar-refractivity contribution is -0.150. The second kappa shape index (κ2) is 10.4. The fourth-order valence-electron chi connectivity index (χ4n) is 4.82. The van der Waals surface area contributed by atoms with E-state index in [1.807, 2.05) is 47.0 Å². The van der Waals surface area contributed by atoms with Crippen LogP contribution in [0.5, 0.6) is 0 Å². The first-order chi connectivity index (χ1) is 16.6. The number of fused-ring (bicyclic) bond motifs is 3. The van der Waals surface area contributed by atoms with E-state index < -0.39 is 17.7 Å². The highest BCUT2D eigenvalue weighted by atomic mass is 16.6. The van der Waals surface area contributed by atoms with E-state index in [1.54, 1.807) is 0 Å². The van der Waals surface area contributed by atoms with Crippen LogP contribution in [0.15, 0.2) is 30.6 Å². The number of aryl methyl sites for hydroxylation is 1. The number of amides is 1. The van der Waals surface area contributed by atoms with Crippen molar-refractivity contribution in [3.63, 3.8) is 0 Å². The van der Waals surface area contributed by atoms with Crippen LogP contribution in [0.4, 0.5) is 4.79 Å². The molecule has 1 fully saturated rings. The lowest BCUT2D eigenvalue weighted by Gasteiger charge is -2.27. The first-order valence-corrected chi connectivity index (χ1v) is 12.6. The highest BCUT2D eigenvalue weighted by molar-refractivity contribution is 5.76. The SMILES string of the molecule is CC(C)COC(=O)[C@H](Cc1ncn2c1CCc1ccccc1-2)N1CC[C@H](NC(=O)OC(C)(C)C)C1.